The summed E-state index contributed by atoms with van der Waals surface area (Å²) in [6.07, 6.45) is 2.20. The molecule has 1 atom stereocenters. The van der Waals surface area contributed by atoms with Crippen molar-refractivity contribution < 1.29 is 14.3 Å². The van der Waals surface area contributed by atoms with E-state index in [1.165, 1.54) is 4.90 Å². The van der Waals surface area contributed by atoms with Crippen LogP contribution in [-0.2, 0) is 15.1 Å². The van der Waals surface area contributed by atoms with Crippen LogP contribution in [0, 0.1) is 0 Å². The molecule has 1 aromatic rings. The Morgan fingerprint density at radius 1 is 1.26 bits per heavy atom. The van der Waals surface area contributed by atoms with E-state index in [0.29, 0.717) is 23.4 Å². The average molecular weight is 338 g/mol. The zero-order valence-electron chi connectivity index (χ0n) is 14.2. The number of ether oxygens (including phenoxy) is 1. The molecule has 0 bridgehead atoms. The van der Waals surface area contributed by atoms with Crippen LogP contribution in [0.2, 0.25) is 5.02 Å². The Balaban J connectivity index is 2.49. The van der Waals surface area contributed by atoms with E-state index in [4.69, 9.17) is 16.3 Å². The predicted molar refractivity (Wildman–Crippen MR) is 90.6 cm³/mol. The van der Waals surface area contributed by atoms with Crippen molar-refractivity contribution in [3.8, 4) is 0 Å². The van der Waals surface area contributed by atoms with Crippen LogP contribution in [-0.4, -0.2) is 29.4 Å². The van der Waals surface area contributed by atoms with Crippen molar-refractivity contribution in [3.05, 3.63) is 34.9 Å². The van der Waals surface area contributed by atoms with Gasteiger partial charge in [0.1, 0.15) is 11.1 Å². The number of hydrogen-bond donors (Lipinski definition) is 0. The molecule has 1 aliphatic carbocycles. The summed E-state index contributed by atoms with van der Waals surface area (Å²) >= 11 is 6.36. The van der Waals surface area contributed by atoms with Gasteiger partial charge in [0.2, 0.25) is 0 Å². The minimum absolute atomic E-state index is 0.0187. The summed E-state index contributed by atoms with van der Waals surface area (Å²) in [6.45, 7) is 5.43. The third-order valence-corrected chi connectivity index (χ3v) is 4.54. The maximum Gasteiger partial charge on any atom is 0.411 e. The molecule has 1 aliphatic rings. The van der Waals surface area contributed by atoms with Gasteiger partial charge in [-0.2, -0.15) is 0 Å². The van der Waals surface area contributed by atoms with Gasteiger partial charge in [-0.1, -0.05) is 29.8 Å². The van der Waals surface area contributed by atoms with Gasteiger partial charge < -0.3 is 4.74 Å². The SMILES string of the molecule is CN(C(=O)OC(C)(C)C)C1(c2ccccc2Cl)CCCCC1=O. The van der Waals surface area contributed by atoms with Crippen molar-refractivity contribution in [2.75, 3.05) is 7.05 Å². The lowest BCUT2D eigenvalue weighted by atomic mass is 9.74. The zero-order chi connectivity index (χ0) is 17.3. The van der Waals surface area contributed by atoms with Crippen molar-refractivity contribution >= 4 is 23.5 Å². The maximum absolute atomic E-state index is 12.9. The number of ketones is 1. The van der Waals surface area contributed by atoms with Gasteiger partial charge in [0.15, 0.2) is 5.78 Å². The molecular formula is C18H24ClNO3. The van der Waals surface area contributed by atoms with Gasteiger partial charge in [-0.3, -0.25) is 9.69 Å². The van der Waals surface area contributed by atoms with Crippen LogP contribution in [0.25, 0.3) is 0 Å². The molecule has 2 rings (SSSR count). The Hall–Kier alpha value is -1.55. The number of halogens is 1. The lowest BCUT2D eigenvalue weighted by Crippen LogP contribution is -2.55. The van der Waals surface area contributed by atoms with Crippen LogP contribution < -0.4 is 0 Å². The molecule has 0 spiro atoms. The van der Waals surface area contributed by atoms with Crippen molar-refractivity contribution in [2.24, 2.45) is 0 Å². The van der Waals surface area contributed by atoms with Crippen molar-refractivity contribution in [1.82, 2.24) is 4.90 Å². The van der Waals surface area contributed by atoms with Crippen molar-refractivity contribution in [1.29, 1.82) is 0 Å². The Bertz CT molecular complexity index is 609. The van der Waals surface area contributed by atoms with Crippen LogP contribution in [0.3, 0.4) is 0 Å². The highest BCUT2D eigenvalue weighted by Crippen LogP contribution is 2.42. The van der Waals surface area contributed by atoms with Crippen LogP contribution >= 0.6 is 11.6 Å². The van der Waals surface area contributed by atoms with Gasteiger partial charge in [-0.05, 0) is 46.1 Å². The fraction of sp³-hybridized carbons (Fsp3) is 0.556. The Kier molecular flexibility index (Phi) is 5.04. The van der Waals surface area contributed by atoms with Gasteiger partial charge in [0.25, 0.3) is 0 Å². The summed E-state index contributed by atoms with van der Waals surface area (Å²) in [7, 11) is 1.63. The van der Waals surface area contributed by atoms with E-state index in [2.05, 4.69) is 0 Å². The van der Waals surface area contributed by atoms with E-state index in [9.17, 15) is 9.59 Å². The molecule has 0 aliphatic heterocycles. The quantitative estimate of drug-likeness (QED) is 0.795. The fourth-order valence-electron chi connectivity index (χ4n) is 3.12. The summed E-state index contributed by atoms with van der Waals surface area (Å²) in [5.74, 6) is 0.0187. The molecule has 0 N–H and O–H groups in total. The van der Waals surface area contributed by atoms with Gasteiger partial charge in [0.05, 0.1) is 0 Å². The number of hydrogen-bond acceptors (Lipinski definition) is 3. The second-order valence-corrected chi connectivity index (χ2v) is 7.42. The lowest BCUT2D eigenvalue weighted by Gasteiger charge is -2.44. The van der Waals surface area contributed by atoms with Crippen LogP contribution in [0.1, 0.15) is 52.0 Å². The zero-order valence-corrected chi connectivity index (χ0v) is 14.9. The normalized spacial score (nSPS) is 21.9. The molecule has 1 amide bonds. The molecule has 1 saturated carbocycles. The smallest absolute Gasteiger partial charge is 0.411 e. The minimum Gasteiger partial charge on any atom is -0.444 e. The molecule has 1 fully saturated rings. The Morgan fingerprint density at radius 2 is 1.91 bits per heavy atom. The molecular weight excluding hydrogens is 314 g/mol. The number of amides is 1. The van der Waals surface area contributed by atoms with Crippen LogP contribution in [0.4, 0.5) is 4.79 Å². The van der Waals surface area contributed by atoms with E-state index in [0.717, 1.165) is 12.8 Å². The third kappa shape index (κ3) is 3.52. The first-order valence-corrected chi connectivity index (χ1v) is 8.31. The van der Waals surface area contributed by atoms with Gasteiger partial charge in [-0.15, -0.1) is 0 Å². The lowest BCUT2D eigenvalue weighted by molar-refractivity contribution is -0.134. The van der Waals surface area contributed by atoms with Crippen molar-refractivity contribution in [2.45, 2.75) is 57.6 Å². The molecule has 1 unspecified atom stereocenters. The molecule has 1 aromatic carbocycles. The van der Waals surface area contributed by atoms with Crippen LogP contribution in [0.15, 0.2) is 24.3 Å². The van der Waals surface area contributed by atoms with Gasteiger partial charge in [-0.25, -0.2) is 4.79 Å². The first kappa shape index (κ1) is 17.8. The molecule has 0 saturated heterocycles. The highest BCUT2D eigenvalue weighted by molar-refractivity contribution is 6.31. The largest absolute Gasteiger partial charge is 0.444 e. The number of benzene rings is 1. The molecule has 23 heavy (non-hydrogen) atoms. The summed E-state index contributed by atoms with van der Waals surface area (Å²) < 4.78 is 5.48. The standard InChI is InChI=1S/C18H24ClNO3/c1-17(2,3)23-16(22)20(4)18(12-8-7-11-15(18)21)13-9-5-6-10-14(13)19/h5-6,9-10H,7-8,11-12H2,1-4H3. The van der Waals surface area contributed by atoms with Crippen LogP contribution in [0.5, 0.6) is 0 Å². The number of carbonyl (C=O) groups is 2. The minimum atomic E-state index is -1.04. The first-order chi connectivity index (χ1) is 10.7. The Morgan fingerprint density at radius 3 is 2.48 bits per heavy atom. The molecule has 4 nitrogen and oxygen atoms in total. The van der Waals surface area contributed by atoms with E-state index in [1.54, 1.807) is 13.1 Å². The highest BCUT2D eigenvalue weighted by Gasteiger charge is 2.49. The first-order valence-electron chi connectivity index (χ1n) is 7.93. The summed E-state index contributed by atoms with van der Waals surface area (Å²) in [5.41, 5.74) is -0.983. The molecule has 0 aromatic heterocycles. The molecule has 5 heteroatoms. The van der Waals surface area contributed by atoms with E-state index >= 15 is 0 Å². The summed E-state index contributed by atoms with van der Waals surface area (Å²) in [4.78, 5) is 26.9. The number of carbonyl (C=O) groups excluding carboxylic acids is 2. The topological polar surface area (TPSA) is 46.6 Å². The molecule has 0 radical (unpaired) electrons. The average Bonchev–Trinajstić information content (AvgIpc) is 2.46. The number of rotatable bonds is 2. The second kappa shape index (κ2) is 6.52. The fourth-order valence-corrected chi connectivity index (χ4v) is 3.41. The van der Waals surface area contributed by atoms with E-state index in [1.807, 2.05) is 39.0 Å². The van der Waals surface area contributed by atoms with Gasteiger partial charge in [0, 0.05) is 24.1 Å². The van der Waals surface area contributed by atoms with Crippen molar-refractivity contribution in [3.63, 3.8) is 0 Å². The number of nitrogens with zero attached hydrogens (tertiary/aromatic N) is 1. The van der Waals surface area contributed by atoms with Gasteiger partial charge >= 0.3 is 6.09 Å². The Labute approximate surface area is 142 Å². The second-order valence-electron chi connectivity index (χ2n) is 7.01. The number of likely N-dealkylation sites (N-methyl/N-ethyl adjacent to an activating group) is 1. The molecule has 126 valence electrons. The molecule has 0 heterocycles. The predicted octanol–water partition coefficient (Wildman–Crippen LogP) is 4.55. The third-order valence-electron chi connectivity index (χ3n) is 4.21. The highest BCUT2D eigenvalue weighted by atomic mass is 35.5. The van der Waals surface area contributed by atoms with E-state index < -0.39 is 17.2 Å². The summed E-state index contributed by atoms with van der Waals surface area (Å²) in [5, 5.41) is 0.498. The number of Topliss-reactive ketones (excluding diaryl/α,β-unsaturated/α-hetero) is 1. The maximum atomic E-state index is 12.9. The summed E-state index contributed by atoms with van der Waals surface area (Å²) in [6, 6.07) is 7.24. The monoisotopic (exact) mass is 337 g/mol. The van der Waals surface area contributed by atoms with E-state index in [-0.39, 0.29) is 5.78 Å².